The van der Waals surface area contributed by atoms with Crippen LogP contribution in [0.15, 0.2) is 56.7 Å². The van der Waals surface area contributed by atoms with Crippen LogP contribution in [0.4, 0.5) is 11.4 Å². The molecule has 2 amide bonds. The minimum atomic E-state index is -0.206. The first-order valence-electron chi connectivity index (χ1n) is 9.00. The number of nitrogens with one attached hydrogen (secondary N) is 2. The smallest absolute Gasteiger partial charge is 0.230 e. The van der Waals surface area contributed by atoms with Gasteiger partial charge in [-0.05, 0) is 35.9 Å². The first-order valence-corrected chi connectivity index (χ1v) is 11.7. The molecule has 1 aromatic heterocycles. The van der Waals surface area contributed by atoms with Crippen LogP contribution in [0, 0.1) is 0 Å². The maximum Gasteiger partial charge on any atom is 0.230 e. The standard InChI is InChI=1S/C21H20BrN3O3S2/c1-13(26)23-16-7-8-19(28-2)18(9-16)25-20(27)10-17-12-30-21(24-17)29-11-14-3-5-15(22)6-4-14/h3-9,12H,10-11H2,1-2H3,(H,23,26)(H,25,27). The quantitative estimate of drug-likeness (QED) is 0.403. The molecule has 1 heterocycles. The number of carbonyl (C=O) groups excluding carboxylic acids is 2. The van der Waals surface area contributed by atoms with Gasteiger partial charge in [0, 0.05) is 28.2 Å². The van der Waals surface area contributed by atoms with E-state index >= 15 is 0 Å². The normalized spacial score (nSPS) is 10.5. The summed E-state index contributed by atoms with van der Waals surface area (Å²) in [6, 6.07) is 13.2. The van der Waals surface area contributed by atoms with Crippen molar-refractivity contribution in [3.8, 4) is 5.75 Å². The molecule has 0 bridgehead atoms. The van der Waals surface area contributed by atoms with E-state index in [-0.39, 0.29) is 18.2 Å². The molecule has 3 aromatic rings. The number of ether oxygens (including phenoxy) is 1. The molecule has 2 N–H and O–H groups in total. The summed E-state index contributed by atoms with van der Waals surface area (Å²) in [5.41, 5.74) is 3.00. The molecule has 0 aliphatic rings. The van der Waals surface area contributed by atoms with E-state index in [9.17, 15) is 9.59 Å². The van der Waals surface area contributed by atoms with Gasteiger partial charge in [0.15, 0.2) is 0 Å². The van der Waals surface area contributed by atoms with Crippen molar-refractivity contribution >= 4 is 62.2 Å². The Bertz CT molecular complexity index is 1040. The Balaban J connectivity index is 1.58. The molecule has 0 saturated carbocycles. The number of hydrogen-bond acceptors (Lipinski definition) is 6. The van der Waals surface area contributed by atoms with Crippen LogP contribution in [0.25, 0.3) is 0 Å². The molecule has 0 fully saturated rings. The number of carbonyl (C=O) groups is 2. The molecule has 30 heavy (non-hydrogen) atoms. The fourth-order valence-electron chi connectivity index (χ4n) is 2.61. The van der Waals surface area contributed by atoms with Crippen LogP contribution in [0.1, 0.15) is 18.2 Å². The molecule has 2 aromatic carbocycles. The van der Waals surface area contributed by atoms with Crippen molar-refractivity contribution in [1.82, 2.24) is 4.98 Å². The molecule has 0 saturated heterocycles. The zero-order valence-corrected chi connectivity index (χ0v) is 19.6. The topological polar surface area (TPSA) is 80.3 Å². The monoisotopic (exact) mass is 505 g/mol. The van der Waals surface area contributed by atoms with Crippen molar-refractivity contribution in [3.63, 3.8) is 0 Å². The van der Waals surface area contributed by atoms with Crippen molar-refractivity contribution < 1.29 is 14.3 Å². The van der Waals surface area contributed by atoms with Gasteiger partial charge in [-0.2, -0.15) is 0 Å². The third-order valence-corrected chi connectivity index (χ3v) is 6.61. The number of amides is 2. The Kier molecular flexibility index (Phi) is 7.89. The molecule has 156 valence electrons. The highest BCUT2D eigenvalue weighted by Crippen LogP contribution is 2.29. The van der Waals surface area contributed by atoms with E-state index < -0.39 is 0 Å². The second-order valence-electron chi connectivity index (χ2n) is 6.34. The summed E-state index contributed by atoms with van der Waals surface area (Å²) in [6.45, 7) is 1.43. The lowest BCUT2D eigenvalue weighted by molar-refractivity contribution is -0.116. The van der Waals surface area contributed by atoms with Gasteiger partial charge in [-0.15, -0.1) is 11.3 Å². The van der Waals surface area contributed by atoms with E-state index in [1.54, 1.807) is 30.0 Å². The predicted octanol–water partition coefficient (Wildman–Crippen LogP) is 5.35. The Morgan fingerprint density at radius 2 is 1.93 bits per heavy atom. The lowest BCUT2D eigenvalue weighted by Crippen LogP contribution is -2.15. The molecule has 9 heteroatoms. The number of thioether (sulfide) groups is 1. The minimum Gasteiger partial charge on any atom is -0.495 e. The van der Waals surface area contributed by atoms with E-state index in [1.807, 2.05) is 17.5 Å². The number of anilines is 2. The van der Waals surface area contributed by atoms with Gasteiger partial charge >= 0.3 is 0 Å². The summed E-state index contributed by atoms with van der Waals surface area (Å²) in [5.74, 6) is 0.942. The largest absolute Gasteiger partial charge is 0.495 e. The maximum absolute atomic E-state index is 12.5. The second kappa shape index (κ2) is 10.6. The van der Waals surface area contributed by atoms with Gasteiger partial charge in [-0.3, -0.25) is 9.59 Å². The molecule has 0 unspecified atom stereocenters. The van der Waals surface area contributed by atoms with Gasteiger partial charge in [-0.1, -0.05) is 39.8 Å². The lowest BCUT2D eigenvalue weighted by atomic mass is 10.2. The molecule has 0 radical (unpaired) electrons. The Morgan fingerprint density at radius 3 is 2.63 bits per heavy atom. The maximum atomic E-state index is 12.5. The zero-order chi connectivity index (χ0) is 21.5. The predicted molar refractivity (Wildman–Crippen MR) is 125 cm³/mol. The number of benzene rings is 2. The van der Waals surface area contributed by atoms with Crippen LogP contribution in [0.5, 0.6) is 5.75 Å². The number of rotatable bonds is 8. The molecule has 0 spiro atoms. The molecule has 3 rings (SSSR count). The van der Waals surface area contributed by atoms with E-state index in [0.29, 0.717) is 22.8 Å². The van der Waals surface area contributed by atoms with E-state index in [2.05, 4.69) is 43.7 Å². The fraction of sp³-hybridized carbons (Fsp3) is 0.190. The van der Waals surface area contributed by atoms with Crippen molar-refractivity contribution in [3.05, 3.63) is 63.6 Å². The SMILES string of the molecule is COc1ccc(NC(C)=O)cc1NC(=O)Cc1csc(SCc2ccc(Br)cc2)n1. The van der Waals surface area contributed by atoms with Crippen molar-refractivity contribution in [2.75, 3.05) is 17.7 Å². The minimum absolute atomic E-state index is 0.156. The van der Waals surface area contributed by atoms with Crippen LogP contribution in [-0.2, 0) is 21.8 Å². The average Bonchev–Trinajstić information content (AvgIpc) is 3.14. The number of hydrogen-bond donors (Lipinski definition) is 2. The Morgan fingerprint density at radius 1 is 1.17 bits per heavy atom. The molecular formula is C21H20BrN3O3S2. The van der Waals surface area contributed by atoms with E-state index in [4.69, 9.17) is 4.74 Å². The first kappa shape index (κ1) is 22.3. The van der Waals surface area contributed by atoms with Crippen molar-refractivity contribution in [2.24, 2.45) is 0 Å². The highest BCUT2D eigenvalue weighted by Gasteiger charge is 2.12. The van der Waals surface area contributed by atoms with E-state index in [1.165, 1.54) is 30.9 Å². The third kappa shape index (κ3) is 6.58. The molecule has 0 atom stereocenters. The first-order chi connectivity index (χ1) is 14.4. The van der Waals surface area contributed by atoms with Crippen LogP contribution >= 0.6 is 39.0 Å². The average molecular weight is 506 g/mol. The van der Waals surface area contributed by atoms with Gasteiger partial charge in [-0.25, -0.2) is 4.98 Å². The summed E-state index contributed by atoms with van der Waals surface area (Å²) >= 11 is 6.61. The van der Waals surface area contributed by atoms with Gasteiger partial charge in [0.05, 0.1) is 24.9 Å². The second-order valence-corrected chi connectivity index (χ2v) is 9.34. The van der Waals surface area contributed by atoms with Crippen LogP contribution in [0.3, 0.4) is 0 Å². The molecule has 0 aliphatic heterocycles. The molecule has 6 nitrogen and oxygen atoms in total. The number of methoxy groups -OCH3 is 1. The zero-order valence-electron chi connectivity index (χ0n) is 16.4. The number of halogens is 1. The summed E-state index contributed by atoms with van der Waals surface area (Å²) in [4.78, 5) is 28.3. The van der Waals surface area contributed by atoms with Gasteiger partial charge in [0.25, 0.3) is 0 Å². The lowest BCUT2D eigenvalue weighted by Gasteiger charge is -2.12. The number of nitrogens with zero attached hydrogens (tertiary/aromatic N) is 1. The third-order valence-electron chi connectivity index (χ3n) is 3.94. The number of thiazole rings is 1. The van der Waals surface area contributed by atoms with Crippen LogP contribution in [0.2, 0.25) is 0 Å². The van der Waals surface area contributed by atoms with Crippen LogP contribution < -0.4 is 15.4 Å². The Labute approximate surface area is 191 Å². The van der Waals surface area contributed by atoms with Gasteiger partial charge < -0.3 is 15.4 Å². The Hall–Kier alpha value is -2.36. The number of aromatic nitrogens is 1. The molecular weight excluding hydrogens is 486 g/mol. The fourth-order valence-corrected chi connectivity index (χ4v) is 4.67. The molecule has 0 aliphatic carbocycles. The summed E-state index contributed by atoms with van der Waals surface area (Å²) in [7, 11) is 1.53. The van der Waals surface area contributed by atoms with Crippen LogP contribution in [-0.4, -0.2) is 23.9 Å². The van der Waals surface area contributed by atoms with E-state index in [0.717, 1.165) is 14.6 Å². The van der Waals surface area contributed by atoms with Gasteiger partial charge in [0.2, 0.25) is 11.8 Å². The van der Waals surface area contributed by atoms with Gasteiger partial charge in [0.1, 0.15) is 10.1 Å². The highest BCUT2D eigenvalue weighted by molar-refractivity contribution is 9.10. The summed E-state index contributed by atoms with van der Waals surface area (Å²) < 4.78 is 7.27. The summed E-state index contributed by atoms with van der Waals surface area (Å²) in [5, 5.41) is 7.42. The summed E-state index contributed by atoms with van der Waals surface area (Å²) in [6.07, 6.45) is 0.156. The van der Waals surface area contributed by atoms with Crippen molar-refractivity contribution in [1.29, 1.82) is 0 Å². The van der Waals surface area contributed by atoms with Crippen molar-refractivity contribution in [2.45, 2.75) is 23.4 Å². The highest BCUT2D eigenvalue weighted by atomic mass is 79.9.